The van der Waals surface area contributed by atoms with Crippen LogP contribution in [0.1, 0.15) is 47.2 Å². The number of carbonyl (C=O) groups is 3. The van der Waals surface area contributed by atoms with E-state index in [1.807, 2.05) is 0 Å². The van der Waals surface area contributed by atoms with Crippen molar-refractivity contribution >= 4 is 17.7 Å². The van der Waals surface area contributed by atoms with Crippen LogP contribution in [-0.2, 0) is 22.7 Å². The predicted molar refractivity (Wildman–Crippen MR) is 100 cm³/mol. The van der Waals surface area contributed by atoms with Gasteiger partial charge in [0.1, 0.15) is 11.6 Å². The molecule has 2 fully saturated rings. The van der Waals surface area contributed by atoms with Crippen LogP contribution in [0.3, 0.4) is 0 Å². The van der Waals surface area contributed by atoms with Crippen molar-refractivity contribution in [3.05, 3.63) is 34.9 Å². The number of hydrogen-bond donors (Lipinski definition) is 3. The van der Waals surface area contributed by atoms with E-state index >= 15 is 0 Å². The molecule has 2 saturated heterocycles. The molecule has 2 atom stereocenters. The lowest BCUT2D eigenvalue weighted by Crippen LogP contribution is -2.58. The fourth-order valence-corrected chi connectivity index (χ4v) is 4.55. The lowest BCUT2D eigenvalue weighted by atomic mass is 9.96. The van der Waals surface area contributed by atoms with Crippen molar-refractivity contribution in [1.82, 2.24) is 20.9 Å². The van der Waals surface area contributed by atoms with Gasteiger partial charge in [0.05, 0.1) is 0 Å². The minimum Gasteiger partial charge on any atom is -0.322 e. The van der Waals surface area contributed by atoms with E-state index in [-0.39, 0.29) is 50.7 Å². The Morgan fingerprint density at radius 3 is 2.70 bits per heavy atom. The molecule has 3 aliphatic rings. The van der Waals surface area contributed by atoms with Crippen LogP contribution >= 0.6 is 0 Å². The molecule has 0 aromatic heterocycles. The third kappa shape index (κ3) is 3.58. The summed E-state index contributed by atoms with van der Waals surface area (Å²) in [5.74, 6) is -1.18. The molecular weight excluding hydrogens is 401 g/mol. The molecule has 1 aromatic rings. The number of halogens is 3. The number of hydrogen-bond acceptors (Lipinski definition) is 5. The van der Waals surface area contributed by atoms with Gasteiger partial charge in [0, 0.05) is 31.6 Å². The lowest BCUT2D eigenvalue weighted by Gasteiger charge is -2.32. The molecule has 2 unspecified atom stereocenters. The first-order valence-corrected chi connectivity index (χ1v) is 10.00. The van der Waals surface area contributed by atoms with Gasteiger partial charge in [-0.15, -0.1) is 0 Å². The van der Waals surface area contributed by atoms with Crippen LogP contribution in [-0.4, -0.2) is 53.5 Å². The summed E-state index contributed by atoms with van der Waals surface area (Å²) in [4.78, 5) is 38.0. The predicted octanol–water partition coefficient (Wildman–Crippen LogP) is 1.22. The maximum atomic E-state index is 13.5. The summed E-state index contributed by atoms with van der Waals surface area (Å²) < 4.78 is 40.6. The maximum absolute atomic E-state index is 13.5. The quantitative estimate of drug-likeness (QED) is 0.619. The third-order valence-corrected chi connectivity index (χ3v) is 6.17. The average Bonchev–Trinajstić information content (AvgIpc) is 3.28. The highest BCUT2D eigenvalue weighted by Gasteiger charge is 2.55. The summed E-state index contributed by atoms with van der Waals surface area (Å²) in [6.45, 7) is 0.381. The zero-order valence-corrected chi connectivity index (χ0v) is 16.3. The van der Waals surface area contributed by atoms with Crippen LogP contribution in [0.4, 0.5) is 13.2 Å². The molecule has 3 heterocycles. The number of piperidine rings is 1. The molecule has 4 rings (SSSR count). The normalized spacial score (nSPS) is 26.8. The highest BCUT2D eigenvalue weighted by molar-refractivity contribution is 6.05. The molecule has 3 aliphatic heterocycles. The Kier molecular flexibility index (Phi) is 5.31. The zero-order valence-electron chi connectivity index (χ0n) is 16.3. The second-order valence-electron chi connectivity index (χ2n) is 8.06. The minimum absolute atomic E-state index is 0.0125. The van der Waals surface area contributed by atoms with E-state index in [0.29, 0.717) is 24.1 Å². The molecular formula is C20H23F3N4O3. The van der Waals surface area contributed by atoms with Crippen molar-refractivity contribution in [2.45, 2.75) is 56.5 Å². The third-order valence-electron chi connectivity index (χ3n) is 6.17. The Morgan fingerprint density at radius 1 is 1.23 bits per heavy atom. The number of alkyl halides is 3. The Morgan fingerprint density at radius 2 is 2.03 bits per heavy atom. The Balaban J connectivity index is 1.47. The number of nitrogens with one attached hydrogen (secondary N) is 3. The van der Waals surface area contributed by atoms with E-state index in [0.717, 1.165) is 5.56 Å². The topological polar surface area (TPSA) is 90.5 Å². The van der Waals surface area contributed by atoms with Crippen molar-refractivity contribution < 1.29 is 27.6 Å². The van der Waals surface area contributed by atoms with E-state index in [9.17, 15) is 27.6 Å². The van der Waals surface area contributed by atoms with Crippen LogP contribution in [0.15, 0.2) is 18.2 Å². The van der Waals surface area contributed by atoms with Crippen LogP contribution in [0, 0.1) is 0 Å². The highest BCUT2D eigenvalue weighted by atomic mass is 19.4. The van der Waals surface area contributed by atoms with Gasteiger partial charge in [-0.3, -0.25) is 19.7 Å². The summed E-state index contributed by atoms with van der Waals surface area (Å²) >= 11 is 0. The van der Waals surface area contributed by atoms with E-state index in [1.165, 1.54) is 4.90 Å². The summed E-state index contributed by atoms with van der Waals surface area (Å²) in [5, 5.41) is 7.71. The molecule has 30 heavy (non-hydrogen) atoms. The van der Waals surface area contributed by atoms with Crippen LogP contribution in [0.5, 0.6) is 0 Å². The van der Waals surface area contributed by atoms with Gasteiger partial charge in [0.15, 0.2) is 0 Å². The summed E-state index contributed by atoms with van der Waals surface area (Å²) in [6, 6.07) is 4.52. The van der Waals surface area contributed by atoms with Crippen molar-refractivity contribution in [2.24, 2.45) is 0 Å². The number of nitrogens with zero attached hydrogens (tertiary/aromatic N) is 1. The molecule has 0 saturated carbocycles. The number of rotatable bonds is 5. The summed E-state index contributed by atoms with van der Waals surface area (Å²) in [7, 11) is 0. The van der Waals surface area contributed by atoms with Gasteiger partial charge in [-0.2, -0.15) is 13.2 Å². The standard InChI is InChI=1S/C20H23F3N4O3/c21-20(22,23)19(7-2-8-25-19)11-24-9-12-3-1-4-13-10-27(18(30)16(12)13)14-5-6-15(28)26-17(14)29/h1,3-4,14,24-25H,2,5-11H2,(H,26,28,29). The molecule has 10 heteroatoms. The first-order valence-electron chi connectivity index (χ1n) is 10.00. The molecule has 3 amide bonds. The van der Waals surface area contributed by atoms with Crippen molar-refractivity contribution in [3.63, 3.8) is 0 Å². The van der Waals surface area contributed by atoms with Gasteiger partial charge in [0.25, 0.3) is 5.91 Å². The number of imide groups is 1. The largest absolute Gasteiger partial charge is 0.407 e. The maximum Gasteiger partial charge on any atom is 0.407 e. The first kappa shape index (κ1) is 20.8. The Hall–Kier alpha value is -2.46. The van der Waals surface area contributed by atoms with E-state index in [4.69, 9.17) is 0 Å². The fourth-order valence-electron chi connectivity index (χ4n) is 4.55. The molecule has 7 nitrogen and oxygen atoms in total. The van der Waals surface area contributed by atoms with Gasteiger partial charge in [-0.1, -0.05) is 18.2 Å². The smallest absolute Gasteiger partial charge is 0.322 e. The van der Waals surface area contributed by atoms with Gasteiger partial charge in [-0.25, -0.2) is 0 Å². The Labute approximate surface area is 171 Å². The van der Waals surface area contributed by atoms with E-state index in [2.05, 4.69) is 16.0 Å². The second-order valence-corrected chi connectivity index (χ2v) is 8.06. The number of fused-ring (bicyclic) bond motifs is 1. The fraction of sp³-hybridized carbons (Fsp3) is 0.550. The number of benzene rings is 1. The monoisotopic (exact) mass is 424 g/mol. The van der Waals surface area contributed by atoms with E-state index < -0.39 is 23.7 Å². The van der Waals surface area contributed by atoms with Crippen LogP contribution in [0.25, 0.3) is 0 Å². The van der Waals surface area contributed by atoms with Gasteiger partial charge < -0.3 is 15.5 Å². The Bertz CT molecular complexity index is 881. The number of amides is 3. The highest BCUT2D eigenvalue weighted by Crippen LogP contribution is 2.37. The molecule has 3 N–H and O–H groups in total. The summed E-state index contributed by atoms with van der Waals surface area (Å²) in [5.41, 5.74) is -0.195. The lowest BCUT2D eigenvalue weighted by molar-refractivity contribution is -0.190. The number of carbonyl (C=O) groups excluding carboxylic acids is 3. The average molecular weight is 424 g/mol. The first-order chi connectivity index (χ1) is 14.2. The van der Waals surface area contributed by atoms with Gasteiger partial charge in [0.2, 0.25) is 11.8 Å². The molecule has 0 radical (unpaired) electrons. The molecule has 1 aromatic carbocycles. The van der Waals surface area contributed by atoms with Gasteiger partial charge >= 0.3 is 6.18 Å². The SMILES string of the molecule is O=C1CCC(N2Cc3cccc(CNCC4(C(F)(F)F)CCCN4)c3C2=O)C(=O)N1. The van der Waals surface area contributed by atoms with Crippen LogP contribution < -0.4 is 16.0 Å². The van der Waals surface area contributed by atoms with Crippen molar-refractivity contribution in [1.29, 1.82) is 0 Å². The summed E-state index contributed by atoms with van der Waals surface area (Å²) in [6.07, 6.45) is -3.47. The zero-order chi connectivity index (χ0) is 21.5. The molecule has 0 spiro atoms. The minimum atomic E-state index is -4.37. The van der Waals surface area contributed by atoms with E-state index in [1.54, 1.807) is 18.2 Å². The molecule has 0 bridgehead atoms. The molecule has 0 aliphatic carbocycles. The van der Waals surface area contributed by atoms with Crippen molar-refractivity contribution in [3.8, 4) is 0 Å². The van der Waals surface area contributed by atoms with Gasteiger partial charge in [-0.05, 0) is 36.9 Å². The molecule has 162 valence electrons. The van der Waals surface area contributed by atoms with Crippen LogP contribution in [0.2, 0.25) is 0 Å². The second kappa shape index (κ2) is 7.66. The van der Waals surface area contributed by atoms with Crippen molar-refractivity contribution in [2.75, 3.05) is 13.1 Å².